The lowest BCUT2D eigenvalue weighted by molar-refractivity contribution is 0.405. The summed E-state index contributed by atoms with van der Waals surface area (Å²) in [6, 6.07) is 27.8. The topological polar surface area (TPSA) is 162 Å². The van der Waals surface area contributed by atoms with Crippen LogP contribution in [0.3, 0.4) is 0 Å². The predicted octanol–water partition coefficient (Wildman–Crippen LogP) is 6.75. The highest BCUT2D eigenvalue weighted by Gasteiger charge is 2.71. The summed E-state index contributed by atoms with van der Waals surface area (Å²) in [5.41, 5.74) is 13.3. The first kappa shape index (κ1) is 31.6. The minimum Gasteiger partial charge on any atom is -0.497 e. The maximum absolute atomic E-state index is 6.65. The predicted molar refractivity (Wildman–Crippen MR) is 172 cm³/mol. The molecule has 16 heteroatoms. The largest absolute Gasteiger partial charge is 0.613 e. The highest BCUT2D eigenvalue weighted by atomic mass is 31.3. The van der Waals surface area contributed by atoms with E-state index in [1.54, 1.807) is 126 Å². The van der Waals surface area contributed by atoms with E-state index >= 15 is 0 Å². The third-order valence-corrected chi connectivity index (χ3v) is 14.4. The molecule has 1 aliphatic heterocycles. The monoisotopic (exact) mass is 661 g/mol. The van der Waals surface area contributed by atoms with Gasteiger partial charge in [0.15, 0.2) is 23.0 Å². The number of ether oxygens (including phenoxy) is 4. The van der Waals surface area contributed by atoms with Gasteiger partial charge in [-0.3, -0.25) is 29.1 Å². The summed E-state index contributed by atoms with van der Waals surface area (Å²) in [4.78, 5) is 6.49. The highest BCUT2D eigenvalue weighted by Crippen LogP contribution is 2.76. The van der Waals surface area contributed by atoms with Crippen LogP contribution in [0.25, 0.3) is 0 Å². The maximum atomic E-state index is 6.65. The molecule has 13 nitrogen and oxygen atoms in total. The standard InChI is InChI=1S/C28H34N5O8P3/c1-34-21-5-13-25(14-6-21)38-43(39-26-15-7-22(35-2)8-16-26)31-42(29,30)32-44(33-43,40-27-17-9-23(36-3)10-18-27)41-28-19-11-24(37-4)12-20-28/h5-20,31,33H,29-30H2,1-4H3/q+2. The summed E-state index contributed by atoms with van der Waals surface area (Å²) in [6.45, 7) is 0. The lowest BCUT2D eigenvalue weighted by Crippen LogP contribution is -2.42. The van der Waals surface area contributed by atoms with Crippen molar-refractivity contribution in [1.82, 2.24) is 9.72 Å². The van der Waals surface area contributed by atoms with Crippen molar-refractivity contribution in [3.05, 3.63) is 97.1 Å². The molecule has 0 atom stereocenters. The van der Waals surface area contributed by atoms with Gasteiger partial charge in [0, 0.05) is 0 Å². The smallest absolute Gasteiger partial charge is 0.497 e. The number of rotatable bonds is 12. The zero-order chi connectivity index (χ0) is 31.2. The van der Waals surface area contributed by atoms with E-state index in [9.17, 15) is 0 Å². The van der Waals surface area contributed by atoms with Crippen LogP contribution >= 0.6 is 23.5 Å². The van der Waals surface area contributed by atoms with Gasteiger partial charge in [0.25, 0.3) is 0 Å². The average molecular weight is 662 g/mol. The zero-order valence-electron chi connectivity index (χ0n) is 24.4. The van der Waals surface area contributed by atoms with Crippen LogP contribution in [0.2, 0.25) is 0 Å². The molecule has 0 spiro atoms. The van der Waals surface area contributed by atoms with Crippen LogP contribution in [0.5, 0.6) is 46.0 Å². The van der Waals surface area contributed by atoms with Crippen molar-refractivity contribution in [3.63, 3.8) is 0 Å². The summed E-state index contributed by atoms with van der Waals surface area (Å²) >= 11 is 0. The fraction of sp³-hybridized carbons (Fsp3) is 0.143. The molecule has 0 unspecified atom stereocenters. The first-order chi connectivity index (χ1) is 21.2. The third-order valence-electron chi connectivity index (χ3n) is 5.98. The van der Waals surface area contributed by atoms with Crippen molar-refractivity contribution in [2.45, 2.75) is 0 Å². The molecule has 0 radical (unpaired) electrons. The Labute approximate surface area is 257 Å². The Morgan fingerprint density at radius 1 is 0.477 bits per heavy atom. The van der Waals surface area contributed by atoms with Gasteiger partial charge in [-0.15, -0.1) is 0 Å². The van der Waals surface area contributed by atoms with Gasteiger partial charge in [-0.1, -0.05) is 0 Å². The summed E-state index contributed by atoms with van der Waals surface area (Å²) in [6.07, 6.45) is 0. The summed E-state index contributed by atoms with van der Waals surface area (Å²) < 4.78 is 52.1. The Balaban J connectivity index is 1.61. The van der Waals surface area contributed by atoms with Crippen LogP contribution in [0.1, 0.15) is 0 Å². The summed E-state index contributed by atoms with van der Waals surface area (Å²) in [5.74, 6) is 4.27. The second-order valence-electron chi connectivity index (χ2n) is 9.17. The van der Waals surface area contributed by atoms with Crippen LogP contribution in [-0.2, 0) is 0 Å². The van der Waals surface area contributed by atoms with Crippen LogP contribution in [-0.4, -0.2) is 28.4 Å². The lowest BCUT2D eigenvalue weighted by Gasteiger charge is -2.31. The molecule has 1 aliphatic rings. The van der Waals surface area contributed by atoms with Crippen molar-refractivity contribution < 1.29 is 37.0 Å². The van der Waals surface area contributed by atoms with E-state index in [-0.39, 0.29) is 0 Å². The fourth-order valence-corrected chi connectivity index (χ4v) is 13.2. The molecule has 0 aliphatic carbocycles. The molecule has 232 valence electrons. The molecule has 0 fully saturated rings. The van der Waals surface area contributed by atoms with E-state index in [4.69, 9.17) is 52.6 Å². The molecule has 6 N–H and O–H groups in total. The second kappa shape index (κ2) is 13.5. The molecule has 0 amide bonds. The Bertz CT molecular complexity index is 1490. The third kappa shape index (κ3) is 7.83. The Hall–Kier alpha value is -3.79. The van der Waals surface area contributed by atoms with Crippen molar-refractivity contribution in [2.75, 3.05) is 28.4 Å². The summed E-state index contributed by atoms with van der Waals surface area (Å²) in [5, 5.41) is 0. The van der Waals surface area contributed by atoms with Gasteiger partial charge in [-0.25, -0.2) is 0 Å². The summed E-state index contributed by atoms with van der Waals surface area (Å²) in [7, 11) is -4.26. The van der Waals surface area contributed by atoms with Gasteiger partial charge in [-0.2, -0.15) is 0 Å². The molecule has 0 aromatic heterocycles. The first-order valence-corrected chi connectivity index (χ1v) is 18.2. The molecular weight excluding hydrogens is 627 g/mol. The normalized spacial score (nSPS) is 16.0. The molecule has 4 aromatic carbocycles. The minimum atomic E-state index is -3.65. The van der Waals surface area contributed by atoms with Crippen LogP contribution < -0.4 is 57.8 Å². The second-order valence-corrected chi connectivity index (χ2v) is 15.8. The van der Waals surface area contributed by atoms with Gasteiger partial charge >= 0.3 is 16.0 Å². The highest BCUT2D eigenvalue weighted by molar-refractivity contribution is 7.90. The molecule has 5 rings (SSSR count). The minimum absolute atomic E-state index is 0.415. The molecule has 1 heterocycles. The number of hydrogen-bond acceptors (Lipinski definition) is 13. The number of nitrogens with one attached hydrogen (secondary N) is 2. The number of methoxy groups -OCH3 is 4. The van der Waals surface area contributed by atoms with Crippen LogP contribution in [0, 0.1) is 0 Å². The van der Waals surface area contributed by atoms with E-state index in [1.165, 1.54) is 0 Å². The maximum Gasteiger partial charge on any atom is 0.613 e. The van der Waals surface area contributed by atoms with Gasteiger partial charge in [-0.05, 0) is 106 Å². The molecule has 0 bridgehead atoms. The average Bonchev–Trinajstić information content (AvgIpc) is 3.01. The molecular formula is C28H34N5O8P3+2. The van der Waals surface area contributed by atoms with Crippen molar-refractivity contribution in [1.29, 1.82) is 0 Å². The Kier molecular flexibility index (Phi) is 9.68. The van der Waals surface area contributed by atoms with Crippen molar-refractivity contribution in [2.24, 2.45) is 15.5 Å². The van der Waals surface area contributed by atoms with E-state index < -0.39 is 23.5 Å². The van der Waals surface area contributed by atoms with Crippen molar-refractivity contribution >= 4 is 23.5 Å². The number of hydrogen-bond donors (Lipinski definition) is 4. The number of nitrogens with zero attached hydrogens (tertiary/aromatic N) is 1. The zero-order valence-corrected chi connectivity index (χ0v) is 27.1. The van der Waals surface area contributed by atoms with Gasteiger partial charge in [0.05, 0.1) is 28.4 Å². The Morgan fingerprint density at radius 2 is 0.750 bits per heavy atom. The van der Waals surface area contributed by atoms with E-state index in [2.05, 4.69) is 9.72 Å². The van der Waals surface area contributed by atoms with Crippen LogP contribution in [0.15, 0.2) is 102 Å². The van der Waals surface area contributed by atoms with Crippen molar-refractivity contribution in [3.8, 4) is 46.0 Å². The van der Waals surface area contributed by atoms with Gasteiger partial charge in [0.2, 0.25) is 7.51 Å². The van der Waals surface area contributed by atoms with Crippen LogP contribution in [0.4, 0.5) is 0 Å². The molecule has 0 saturated heterocycles. The van der Waals surface area contributed by atoms with E-state index in [1.807, 2.05) is 0 Å². The van der Waals surface area contributed by atoms with E-state index in [0.717, 1.165) is 0 Å². The van der Waals surface area contributed by atoms with Gasteiger partial charge in [0.1, 0.15) is 27.9 Å². The Morgan fingerprint density at radius 3 is 1.05 bits per heavy atom. The molecule has 44 heavy (non-hydrogen) atoms. The van der Waals surface area contributed by atoms with E-state index in [0.29, 0.717) is 46.0 Å². The molecule has 4 aromatic rings. The first-order valence-electron chi connectivity index (χ1n) is 13.1. The number of benzene rings is 4. The quantitative estimate of drug-likeness (QED) is 0.118. The SMILES string of the molecule is COc1ccc(O[P+]2(Oc3ccc(OC)cc3)N=P(N)(N)N[P+](Oc3ccc(OC)cc3)(Oc3ccc(OC)cc3)N2)cc1. The van der Waals surface area contributed by atoms with Gasteiger partial charge < -0.3 is 18.9 Å². The molecule has 0 saturated carbocycles. The fourth-order valence-electron chi connectivity index (χ4n) is 3.96. The lowest BCUT2D eigenvalue weighted by atomic mass is 10.3. The number of nitrogens with two attached hydrogens (primary N) is 2.